The van der Waals surface area contributed by atoms with Gasteiger partial charge >= 0.3 is 0 Å². The summed E-state index contributed by atoms with van der Waals surface area (Å²) in [6.07, 6.45) is 4.80. The van der Waals surface area contributed by atoms with Gasteiger partial charge in [-0.3, -0.25) is 15.1 Å². The second-order valence-electron chi connectivity index (χ2n) is 7.84. The number of rotatable bonds is 7. The predicted molar refractivity (Wildman–Crippen MR) is 116 cm³/mol. The number of hydrogen-bond donors (Lipinski definition) is 3. The second-order valence-corrected chi connectivity index (χ2v) is 8.46. The molecule has 30 heavy (non-hydrogen) atoms. The summed E-state index contributed by atoms with van der Waals surface area (Å²) in [5, 5.41) is 10.1. The first-order valence-corrected chi connectivity index (χ1v) is 10.6. The lowest BCUT2D eigenvalue weighted by Crippen LogP contribution is -2.62. The van der Waals surface area contributed by atoms with Gasteiger partial charge in [0, 0.05) is 39.0 Å². The number of amides is 1. The number of nitrogens with zero attached hydrogens (tertiary/aromatic N) is 4. The van der Waals surface area contributed by atoms with Crippen molar-refractivity contribution in [3.8, 4) is 0 Å². The van der Waals surface area contributed by atoms with Gasteiger partial charge in [-0.25, -0.2) is 5.01 Å². The molecule has 1 amide bonds. The molecule has 3 rings (SSSR count). The number of methoxy groups -OCH3 is 1. The molecular weight excluding hydrogens is 410 g/mol. The van der Waals surface area contributed by atoms with Crippen LogP contribution in [0, 0.1) is 10.8 Å². The van der Waals surface area contributed by atoms with E-state index in [4.69, 9.17) is 22.1 Å². The summed E-state index contributed by atoms with van der Waals surface area (Å²) in [6, 6.07) is 1.37. The van der Waals surface area contributed by atoms with Crippen molar-refractivity contribution >= 4 is 28.9 Å². The van der Waals surface area contributed by atoms with Crippen molar-refractivity contribution in [2.24, 2.45) is 16.9 Å². The van der Waals surface area contributed by atoms with Gasteiger partial charge in [0.15, 0.2) is 0 Å². The lowest BCUT2D eigenvalue weighted by Gasteiger charge is -2.39. The molecule has 4 unspecified atom stereocenters. The van der Waals surface area contributed by atoms with Crippen LogP contribution in [-0.4, -0.2) is 72.9 Å². The summed E-state index contributed by atoms with van der Waals surface area (Å²) in [5.74, 6) is -1.01. The first kappa shape index (κ1) is 22.7. The molecule has 0 aliphatic carbocycles. The van der Waals surface area contributed by atoms with Gasteiger partial charge in [-0.1, -0.05) is 0 Å². The van der Waals surface area contributed by atoms with E-state index in [9.17, 15) is 9.70 Å². The molecule has 1 aromatic heterocycles. The molecule has 166 valence electrons. The minimum absolute atomic E-state index is 0.256. The quantitative estimate of drug-likeness (QED) is 0.426. The van der Waals surface area contributed by atoms with Gasteiger partial charge in [0.2, 0.25) is 5.91 Å². The van der Waals surface area contributed by atoms with E-state index in [0.29, 0.717) is 12.2 Å². The molecule has 4 atom stereocenters. The molecule has 0 radical (unpaired) electrons. The summed E-state index contributed by atoms with van der Waals surface area (Å²) in [5.41, 5.74) is 7.65. The number of piperidine rings is 1. The molecule has 2 aliphatic rings. The first-order chi connectivity index (χ1) is 14.4. The molecule has 3 heterocycles. The topological polar surface area (TPSA) is 125 Å². The Kier molecular flexibility index (Phi) is 7.81. The van der Waals surface area contributed by atoms with Crippen LogP contribution in [0.5, 0.6) is 0 Å². The maximum Gasteiger partial charge on any atom is 0.232 e. The lowest BCUT2D eigenvalue weighted by atomic mass is 9.95. The van der Waals surface area contributed by atoms with Crippen molar-refractivity contribution in [3.63, 3.8) is 0 Å². The lowest BCUT2D eigenvalue weighted by molar-refractivity contribution is -0.123. The standard InChI is InChI=1S/C19H30ClN7O3/c1-12(21)17(18-23-9-13(20)11-27(18)25-29)19(28)24-15-10-22-6-3-16(15)26-7-4-14(30-2)5-8-26/h3,6,10,12-14,17-18,23H,4-5,7-9,11,21H2,1-2H3,(H,24,28). The Morgan fingerprint density at radius 3 is 2.83 bits per heavy atom. The van der Waals surface area contributed by atoms with Crippen LogP contribution in [0.15, 0.2) is 23.7 Å². The summed E-state index contributed by atoms with van der Waals surface area (Å²) >= 11 is 6.12. The minimum atomic E-state index is -0.709. The Morgan fingerprint density at radius 1 is 1.47 bits per heavy atom. The fraction of sp³-hybridized carbons (Fsp3) is 0.684. The van der Waals surface area contributed by atoms with Crippen LogP contribution in [-0.2, 0) is 9.53 Å². The maximum atomic E-state index is 13.2. The van der Waals surface area contributed by atoms with Crippen LogP contribution in [0.3, 0.4) is 0 Å². The van der Waals surface area contributed by atoms with E-state index >= 15 is 0 Å². The Balaban J connectivity index is 1.76. The Morgan fingerprint density at radius 2 is 2.20 bits per heavy atom. The number of carbonyl (C=O) groups excluding carboxylic acids is 1. The number of pyridine rings is 1. The summed E-state index contributed by atoms with van der Waals surface area (Å²) in [6.45, 7) is 4.10. The molecule has 10 nitrogen and oxygen atoms in total. The highest BCUT2D eigenvalue weighted by Gasteiger charge is 2.39. The third-order valence-corrected chi connectivity index (χ3v) is 6.03. The van der Waals surface area contributed by atoms with E-state index in [1.807, 2.05) is 6.07 Å². The van der Waals surface area contributed by atoms with E-state index in [1.165, 1.54) is 5.01 Å². The third kappa shape index (κ3) is 5.18. The number of aromatic nitrogens is 1. The third-order valence-electron chi connectivity index (χ3n) is 5.74. The maximum absolute atomic E-state index is 13.2. The minimum Gasteiger partial charge on any atom is -0.381 e. The SMILES string of the molecule is COC1CCN(c2ccncc2NC(=O)C(C(C)N)C2NCC(Cl)CN2N=O)CC1. The highest BCUT2D eigenvalue weighted by molar-refractivity contribution is 6.21. The van der Waals surface area contributed by atoms with Crippen LogP contribution < -0.4 is 21.3 Å². The number of halogens is 1. The second kappa shape index (κ2) is 10.3. The van der Waals surface area contributed by atoms with Crippen LogP contribution in [0.25, 0.3) is 0 Å². The van der Waals surface area contributed by atoms with Crippen LogP contribution in [0.2, 0.25) is 0 Å². The zero-order chi connectivity index (χ0) is 21.7. The number of anilines is 2. The Hall–Kier alpha value is -2.01. The van der Waals surface area contributed by atoms with Crippen molar-refractivity contribution in [2.45, 2.75) is 43.5 Å². The largest absolute Gasteiger partial charge is 0.381 e. The van der Waals surface area contributed by atoms with Crippen LogP contribution in [0.1, 0.15) is 19.8 Å². The average molecular weight is 440 g/mol. The fourth-order valence-corrected chi connectivity index (χ4v) is 4.34. The van der Waals surface area contributed by atoms with E-state index in [1.54, 1.807) is 26.4 Å². The number of nitrogens with two attached hydrogens (primary N) is 1. The zero-order valence-electron chi connectivity index (χ0n) is 17.3. The van der Waals surface area contributed by atoms with Gasteiger partial charge in [0.25, 0.3) is 0 Å². The molecule has 4 N–H and O–H groups in total. The van der Waals surface area contributed by atoms with Gasteiger partial charge in [-0.2, -0.15) is 0 Å². The summed E-state index contributed by atoms with van der Waals surface area (Å²) in [7, 11) is 1.73. The Bertz CT molecular complexity index is 730. The number of carbonyl (C=O) groups is 1. The van der Waals surface area contributed by atoms with Gasteiger partial charge in [0.1, 0.15) is 6.17 Å². The van der Waals surface area contributed by atoms with E-state index in [0.717, 1.165) is 31.6 Å². The molecule has 0 bridgehead atoms. The molecular formula is C19H30ClN7O3. The van der Waals surface area contributed by atoms with Gasteiger partial charge in [0.05, 0.1) is 46.8 Å². The van der Waals surface area contributed by atoms with Crippen molar-refractivity contribution in [1.82, 2.24) is 15.3 Å². The van der Waals surface area contributed by atoms with Crippen molar-refractivity contribution < 1.29 is 9.53 Å². The number of nitrogens with one attached hydrogen (secondary N) is 2. The monoisotopic (exact) mass is 439 g/mol. The number of ether oxygens (including phenoxy) is 1. The molecule has 0 aromatic carbocycles. The Labute approximate surface area is 181 Å². The molecule has 1 aromatic rings. The number of hydrogen-bond acceptors (Lipinski definition) is 8. The van der Waals surface area contributed by atoms with Crippen LogP contribution >= 0.6 is 11.6 Å². The number of alkyl halides is 1. The van der Waals surface area contributed by atoms with E-state index in [-0.39, 0.29) is 23.9 Å². The highest BCUT2D eigenvalue weighted by Crippen LogP contribution is 2.29. The molecule has 2 aliphatic heterocycles. The van der Waals surface area contributed by atoms with Gasteiger partial charge < -0.3 is 20.7 Å². The van der Waals surface area contributed by atoms with E-state index in [2.05, 4.69) is 25.8 Å². The van der Waals surface area contributed by atoms with Crippen molar-refractivity contribution in [1.29, 1.82) is 0 Å². The number of nitroso groups, excluding NO2 is 1. The average Bonchev–Trinajstić information content (AvgIpc) is 2.75. The molecule has 0 spiro atoms. The van der Waals surface area contributed by atoms with E-state index < -0.39 is 18.1 Å². The summed E-state index contributed by atoms with van der Waals surface area (Å²) < 4.78 is 5.45. The normalized spacial score (nSPS) is 24.9. The molecule has 2 saturated heterocycles. The first-order valence-electron chi connectivity index (χ1n) is 10.2. The molecule has 2 fully saturated rings. The molecule has 11 heteroatoms. The smallest absolute Gasteiger partial charge is 0.232 e. The van der Waals surface area contributed by atoms with Gasteiger partial charge in [-0.05, 0) is 25.8 Å². The fourth-order valence-electron chi connectivity index (χ4n) is 4.11. The van der Waals surface area contributed by atoms with Gasteiger partial charge in [-0.15, -0.1) is 16.5 Å². The molecule has 0 saturated carbocycles. The van der Waals surface area contributed by atoms with Crippen molar-refractivity contribution in [3.05, 3.63) is 23.4 Å². The summed E-state index contributed by atoms with van der Waals surface area (Å²) in [4.78, 5) is 30.9. The van der Waals surface area contributed by atoms with Crippen LogP contribution in [0.4, 0.5) is 11.4 Å². The van der Waals surface area contributed by atoms with Crippen molar-refractivity contribution in [2.75, 3.05) is 43.5 Å². The predicted octanol–water partition coefficient (Wildman–Crippen LogP) is 1.12. The highest BCUT2D eigenvalue weighted by atomic mass is 35.5. The zero-order valence-corrected chi connectivity index (χ0v) is 18.1.